The molecular weight excluding hydrogens is 800 g/mol. The second kappa shape index (κ2) is 13.6. The van der Waals surface area contributed by atoms with Crippen LogP contribution in [0.5, 0.6) is 0 Å². The van der Waals surface area contributed by atoms with Gasteiger partial charge in [0.15, 0.2) is 0 Å². The Hall–Kier alpha value is -5.48. The lowest BCUT2D eigenvalue weighted by atomic mass is 9.35. The molecule has 3 nitrogen and oxygen atoms in total. The monoisotopic (exact) mass is 867 g/mol. The third kappa shape index (κ3) is 6.01. The van der Waals surface area contributed by atoms with Gasteiger partial charge in [-0.3, -0.25) is 0 Å². The smallest absolute Gasteiger partial charge is 0.297 e. The van der Waals surface area contributed by atoms with Crippen molar-refractivity contribution >= 4 is 68.4 Å². The Kier molecular flexibility index (Phi) is 8.63. The maximum atomic E-state index is 7.66. The molecule has 7 aromatic rings. The van der Waals surface area contributed by atoms with E-state index in [-0.39, 0.29) is 39.2 Å². The zero-order valence-corrected chi connectivity index (χ0v) is 41.6. The van der Waals surface area contributed by atoms with Gasteiger partial charge in [0.25, 0.3) is 6.71 Å². The SMILES string of the molecule is CC(C)(C)c1ccc(N2c3ccc(C(C)(C)C)cc3B3c4oc5cc6c(cc5c4N(c4ccc5c(c4)C(C)(C)CCC5(C)C)c4cc(-c5ccccc5)cc2c43)C2(C)CCC6(C)CC2)cc1. The van der Waals surface area contributed by atoms with Crippen LogP contribution in [0.25, 0.3) is 22.1 Å². The van der Waals surface area contributed by atoms with Gasteiger partial charge < -0.3 is 14.2 Å². The number of nitrogens with zero attached hydrogens (tertiary/aromatic N) is 2. The highest BCUT2D eigenvalue weighted by molar-refractivity contribution is 7.00. The summed E-state index contributed by atoms with van der Waals surface area (Å²) in [6, 6.07) is 45.3. The summed E-state index contributed by atoms with van der Waals surface area (Å²) in [4.78, 5) is 5.22. The Morgan fingerprint density at radius 1 is 0.485 bits per heavy atom. The van der Waals surface area contributed by atoms with Crippen LogP contribution in [0, 0.1) is 0 Å². The fourth-order valence-corrected chi connectivity index (χ4v) is 13.1. The summed E-state index contributed by atoms with van der Waals surface area (Å²) in [5, 5.41) is 1.24. The molecule has 4 heteroatoms. The summed E-state index contributed by atoms with van der Waals surface area (Å²) in [6.07, 6.45) is 7.32. The fourth-order valence-electron chi connectivity index (χ4n) is 13.1. The van der Waals surface area contributed by atoms with E-state index in [9.17, 15) is 0 Å². The van der Waals surface area contributed by atoms with E-state index in [0.717, 1.165) is 17.7 Å². The van der Waals surface area contributed by atoms with Crippen LogP contribution in [-0.2, 0) is 32.5 Å². The van der Waals surface area contributed by atoms with Crippen molar-refractivity contribution < 1.29 is 4.42 Å². The number of hydrogen-bond acceptors (Lipinski definition) is 3. The molecular formula is C62H67BN2O. The van der Waals surface area contributed by atoms with Crippen molar-refractivity contribution in [2.24, 2.45) is 0 Å². The molecule has 3 heterocycles. The standard InChI is InChI=1S/C62H67BN2O/c1-57(2,3)40-18-21-42(22-19-40)64-50-25-20-41(58(4,5)6)34-49(50)63-54-51(64)32-39(38-16-14-13-15-17-38)33-52(54)65(43-23-24-45-46(35-43)60(9,10)27-26-59(45,7)8)55-44-36-47-48(37-53(44)66-56(55)63)62(12)30-28-61(47,11)29-31-62/h13-25,32-37H,26-31H2,1-12H3. The second-order valence-electron chi connectivity index (χ2n) is 25.0. The Bertz CT molecular complexity index is 3140. The Labute approximate surface area is 394 Å². The quantitative estimate of drug-likeness (QED) is 0.165. The van der Waals surface area contributed by atoms with Crippen molar-refractivity contribution in [1.82, 2.24) is 0 Å². The highest BCUT2D eigenvalue weighted by Gasteiger charge is 2.51. The molecule has 1 saturated carbocycles. The number of hydrogen-bond donors (Lipinski definition) is 0. The van der Waals surface area contributed by atoms with E-state index in [4.69, 9.17) is 4.42 Å². The molecule has 0 saturated heterocycles. The van der Waals surface area contributed by atoms with Gasteiger partial charge in [-0.1, -0.05) is 144 Å². The third-order valence-corrected chi connectivity index (χ3v) is 17.6. The second-order valence-corrected chi connectivity index (χ2v) is 25.0. The molecule has 0 N–H and O–H groups in total. The van der Waals surface area contributed by atoms with E-state index in [1.807, 2.05) is 0 Å². The largest absolute Gasteiger partial charge is 0.468 e. The first kappa shape index (κ1) is 41.9. The van der Waals surface area contributed by atoms with Crippen molar-refractivity contribution in [1.29, 1.82) is 0 Å². The van der Waals surface area contributed by atoms with E-state index in [1.165, 1.54) is 121 Å². The highest BCUT2D eigenvalue weighted by atomic mass is 16.3. The van der Waals surface area contributed by atoms with E-state index in [0.29, 0.717) is 0 Å². The van der Waals surface area contributed by atoms with Gasteiger partial charge in [-0.25, -0.2) is 0 Å². The van der Waals surface area contributed by atoms with Crippen LogP contribution >= 0.6 is 0 Å². The van der Waals surface area contributed by atoms with Gasteiger partial charge in [-0.05, 0) is 181 Å². The average Bonchev–Trinajstić information content (AvgIpc) is 3.66. The van der Waals surface area contributed by atoms with Crippen LogP contribution in [0.4, 0.5) is 34.1 Å². The first-order valence-corrected chi connectivity index (χ1v) is 25.0. The number of furan rings is 1. The van der Waals surface area contributed by atoms with E-state index in [2.05, 4.69) is 208 Å². The Morgan fingerprint density at radius 2 is 1.06 bits per heavy atom. The average molecular weight is 867 g/mol. The molecule has 6 aliphatic rings. The van der Waals surface area contributed by atoms with Crippen LogP contribution in [0.1, 0.15) is 155 Å². The molecule has 6 aromatic carbocycles. The molecule has 1 fully saturated rings. The van der Waals surface area contributed by atoms with Gasteiger partial charge in [0.1, 0.15) is 5.58 Å². The summed E-state index contributed by atoms with van der Waals surface area (Å²) in [5.74, 6) is 0. The van der Waals surface area contributed by atoms with Crippen molar-refractivity contribution in [3.8, 4) is 11.1 Å². The topological polar surface area (TPSA) is 19.6 Å². The summed E-state index contributed by atoms with van der Waals surface area (Å²) in [5.41, 5.74) is 23.5. The molecule has 66 heavy (non-hydrogen) atoms. The lowest BCUT2D eigenvalue weighted by Gasteiger charge is -2.52. The molecule has 0 unspecified atom stereocenters. The first-order chi connectivity index (χ1) is 31.2. The predicted octanol–water partition coefficient (Wildman–Crippen LogP) is 15.2. The Morgan fingerprint density at radius 3 is 1.70 bits per heavy atom. The molecule has 0 atom stereocenters. The lowest BCUT2D eigenvalue weighted by Crippen LogP contribution is -2.61. The van der Waals surface area contributed by atoms with Crippen LogP contribution in [0.15, 0.2) is 120 Å². The molecule has 0 spiro atoms. The maximum absolute atomic E-state index is 7.66. The van der Waals surface area contributed by atoms with Gasteiger partial charge in [0.05, 0.1) is 11.3 Å². The maximum Gasteiger partial charge on any atom is 0.297 e. The number of fused-ring (bicyclic) bond motifs is 9. The van der Waals surface area contributed by atoms with Crippen molar-refractivity contribution in [3.63, 3.8) is 0 Å². The van der Waals surface area contributed by atoms with Gasteiger partial charge in [-0.15, -0.1) is 0 Å². The highest BCUT2D eigenvalue weighted by Crippen LogP contribution is 2.59. The normalized spacial score (nSPS) is 22.2. The zero-order valence-electron chi connectivity index (χ0n) is 41.6. The predicted molar refractivity (Wildman–Crippen MR) is 282 cm³/mol. The molecule has 0 radical (unpaired) electrons. The summed E-state index contributed by atoms with van der Waals surface area (Å²) in [6.45, 7) is 28.7. The minimum atomic E-state index is -0.117. The van der Waals surface area contributed by atoms with Gasteiger partial charge in [-0.2, -0.15) is 0 Å². The molecule has 4 aliphatic carbocycles. The zero-order chi connectivity index (χ0) is 46.1. The first-order valence-electron chi connectivity index (χ1n) is 25.0. The minimum absolute atomic E-state index is 0.0428. The molecule has 2 bridgehead atoms. The van der Waals surface area contributed by atoms with Crippen LogP contribution in [0.2, 0.25) is 0 Å². The van der Waals surface area contributed by atoms with Crippen LogP contribution < -0.4 is 26.4 Å². The van der Waals surface area contributed by atoms with E-state index >= 15 is 0 Å². The third-order valence-electron chi connectivity index (χ3n) is 17.6. The summed E-state index contributed by atoms with van der Waals surface area (Å²) < 4.78 is 7.66. The molecule has 13 rings (SSSR count). The van der Waals surface area contributed by atoms with Crippen molar-refractivity contribution in [2.75, 3.05) is 9.80 Å². The molecule has 2 aliphatic heterocycles. The Balaban J connectivity index is 1.22. The minimum Gasteiger partial charge on any atom is -0.468 e. The van der Waals surface area contributed by atoms with Crippen molar-refractivity contribution in [3.05, 3.63) is 149 Å². The van der Waals surface area contributed by atoms with Crippen LogP contribution in [-0.4, -0.2) is 6.71 Å². The van der Waals surface area contributed by atoms with Gasteiger partial charge >= 0.3 is 0 Å². The van der Waals surface area contributed by atoms with E-state index < -0.39 is 0 Å². The van der Waals surface area contributed by atoms with Crippen LogP contribution in [0.3, 0.4) is 0 Å². The molecule has 0 amide bonds. The molecule has 334 valence electrons. The van der Waals surface area contributed by atoms with Gasteiger partial charge in [0, 0.05) is 33.8 Å². The lowest BCUT2D eigenvalue weighted by molar-refractivity contribution is 0.188. The summed E-state index contributed by atoms with van der Waals surface area (Å²) >= 11 is 0. The van der Waals surface area contributed by atoms with E-state index in [1.54, 1.807) is 5.56 Å². The molecule has 1 aromatic heterocycles. The number of benzene rings is 6. The number of anilines is 6. The fraction of sp³-hybridized carbons (Fsp3) is 0.387. The number of rotatable bonds is 3. The summed E-state index contributed by atoms with van der Waals surface area (Å²) in [7, 11) is 0. The van der Waals surface area contributed by atoms with Gasteiger partial charge in [0.2, 0.25) is 0 Å². The van der Waals surface area contributed by atoms with Crippen molar-refractivity contribution in [2.45, 2.75) is 154 Å².